The van der Waals surface area contributed by atoms with Gasteiger partial charge in [-0.25, -0.2) is 9.78 Å². The van der Waals surface area contributed by atoms with Crippen LogP contribution in [0, 0.1) is 13.8 Å². The first-order valence-corrected chi connectivity index (χ1v) is 13.9. The van der Waals surface area contributed by atoms with Crippen LogP contribution in [0.15, 0.2) is 53.3 Å². The largest absolute Gasteiger partial charge is 0.509 e. The number of carbonyl (C=O) groups is 2. The standard InChI is InChI=1S/C33H32N2O5/c1-5-22-24-15-20(4)9-13-27(24)34-30-25(22)17-35-28(30)16-26-23(31(35)37)12-14-29(36)33(26,6-2)40-32(38)39-18-21-10-7-19(3)8-11-21/h7-11,13,15-16H,5-6,12,14,17-18H2,1-4H3. The van der Waals surface area contributed by atoms with E-state index in [2.05, 4.69) is 19.9 Å². The molecule has 204 valence electrons. The zero-order valence-corrected chi connectivity index (χ0v) is 23.3. The molecule has 1 aliphatic heterocycles. The number of benzene rings is 2. The molecule has 2 aromatic carbocycles. The number of aromatic nitrogens is 2. The number of hydrogen-bond acceptors (Lipinski definition) is 6. The molecule has 6 rings (SSSR count). The Kier molecular flexibility index (Phi) is 6.32. The zero-order valence-electron chi connectivity index (χ0n) is 23.3. The van der Waals surface area contributed by atoms with Crippen molar-refractivity contribution >= 4 is 22.8 Å². The smallest absolute Gasteiger partial charge is 0.429 e. The van der Waals surface area contributed by atoms with Crippen molar-refractivity contribution in [3.63, 3.8) is 0 Å². The Labute approximate surface area is 232 Å². The lowest BCUT2D eigenvalue weighted by Crippen LogP contribution is -2.46. The van der Waals surface area contributed by atoms with Gasteiger partial charge in [-0.3, -0.25) is 9.59 Å². The van der Waals surface area contributed by atoms with E-state index in [0.717, 1.165) is 45.3 Å². The lowest BCUT2D eigenvalue weighted by Gasteiger charge is -2.36. The first kappa shape index (κ1) is 26.0. The van der Waals surface area contributed by atoms with Gasteiger partial charge >= 0.3 is 6.16 Å². The van der Waals surface area contributed by atoms with Gasteiger partial charge in [0.15, 0.2) is 11.4 Å². The van der Waals surface area contributed by atoms with Crippen molar-refractivity contribution in [3.8, 4) is 11.4 Å². The van der Waals surface area contributed by atoms with Crippen LogP contribution in [-0.4, -0.2) is 21.5 Å². The van der Waals surface area contributed by atoms with Crippen LogP contribution in [0.3, 0.4) is 0 Å². The second kappa shape index (κ2) is 9.73. The van der Waals surface area contributed by atoms with Crippen molar-refractivity contribution in [1.82, 2.24) is 9.55 Å². The van der Waals surface area contributed by atoms with Crippen molar-refractivity contribution in [2.75, 3.05) is 0 Å². The van der Waals surface area contributed by atoms with E-state index in [1.165, 1.54) is 5.56 Å². The van der Waals surface area contributed by atoms with Crippen LogP contribution in [0.2, 0.25) is 0 Å². The predicted molar refractivity (Wildman–Crippen MR) is 152 cm³/mol. The zero-order chi connectivity index (χ0) is 28.2. The Bertz CT molecular complexity index is 1750. The van der Waals surface area contributed by atoms with Gasteiger partial charge < -0.3 is 14.0 Å². The molecular weight excluding hydrogens is 504 g/mol. The fourth-order valence-corrected chi connectivity index (χ4v) is 6.23. The molecule has 2 aromatic heterocycles. The minimum atomic E-state index is -1.59. The number of rotatable bonds is 5. The van der Waals surface area contributed by atoms with Crippen LogP contribution in [-0.2, 0) is 45.9 Å². The van der Waals surface area contributed by atoms with Crippen LogP contribution >= 0.6 is 0 Å². The number of fused-ring (bicyclic) bond motifs is 5. The average molecular weight is 537 g/mol. The minimum absolute atomic E-state index is 0.0242. The highest BCUT2D eigenvalue weighted by Gasteiger charge is 2.48. The number of nitrogens with zero attached hydrogens (tertiary/aromatic N) is 2. The van der Waals surface area contributed by atoms with Crippen molar-refractivity contribution < 1.29 is 19.1 Å². The average Bonchev–Trinajstić information content (AvgIpc) is 3.31. The quantitative estimate of drug-likeness (QED) is 0.253. The molecule has 1 unspecified atom stereocenters. The Balaban J connectivity index is 1.43. The summed E-state index contributed by atoms with van der Waals surface area (Å²) in [5.41, 5.74) is 6.78. The van der Waals surface area contributed by atoms with E-state index < -0.39 is 11.8 Å². The van der Waals surface area contributed by atoms with Gasteiger partial charge in [-0.15, -0.1) is 0 Å². The summed E-state index contributed by atoms with van der Waals surface area (Å²) in [6.07, 6.45) is 0.495. The lowest BCUT2D eigenvalue weighted by atomic mass is 9.76. The molecule has 7 nitrogen and oxygen atoms in total. The van der Waals surface area contributed by atoms with E-state index in [1.807, 2.05) is 49.4 Å². The summed E-state index contributed by atoms with van der Waals surface area (Å²) >= 11 is 0. The van der Waals surface area contributed by atoms with Crippen molar-refractivity contribution in [1.29, 1.82) is 0 Å². The monoisotopic (exact) mass is 536 g/mol. The number of carbonyl (C=O) groups excluding carboxylic acids is 2. The molecule has 0 amide bonds. The van der Waals surface area contributed by atoms with Gasteiger partial charge in [-0.1, -0.05) is 55.3 Å². The maximum atomic E-state index is 13.9. The lowest BCUT2D eigenvalue weighted by molar-refractivity contribution is -0.144. The normalized spacial score (nSPS) is 17.4. The molecule has 1 aliphatic carbocycles. The highest BCUT2D eigenvalue weighted by molar-refractivity contribution is 5.93. The molecule has 7 heteroatoms. The summed E-state index contributed by atoms with van der Waals surface area (Å²) in [6, 6.07) is 15.7. The van der Waals surface area contributed by atoms with Gasteiger partial charge in [-0.2, -0.15) is 0 Å². The maximum Gasteiger partial charge on any atom is 0.509 e. The second-order valence-electron chi connectivity index (χ2n) is 10.8. The molecule has 40 heavy (non-hydrogen) atoms. The van der Waals surface area contributed by atoms with Crippen molar-refractivity contribution in [2.24, 2.45) is 0 Å². The van der Waals surface area contributed by atoms with E-state index in [-0.39, 0.29) is 30.8 Å². The first-order valence-electron chi connectivity index (χ1n) is 13.9. The summed E-state index contributed by atoms with van der Waals surface area (Å²) < 4.78 is 13.0. The van der Waals surface area contributed by atoms with E-state index in [0.29, 0.717) is 29.8 Å². The van der Waals surface area contributed by atoms with Gasteiger partial charge in [0, 0.05) is 28.5 Å². The number of pyridine rings is 2. The molecule has 4 aromatic rings. The predicted octanol–water partition coefficient (Wildman–Crippen LogP) is 6.08. The number of ether oxygens (including phenoxy) is 2. The molecule has 0 saturated heterocycles. The fourth-order valence-electron chi connectivity index (χ4n) is 6.23. The van der Waals surface area contributed by atoms with E-state index in [4.69, 9.17) is 14.5 Å². The van der Waals surface area contributed by atoms with Crippen LogP contribution in [0.25, 0.3) is 22.3 Å². The van der Waals surface area contributed by atoms with E-state index in [1.54, 1.807) is 11.5 Å². The molecule has 2 aliphatic rings. The third-order valence-corrected chi connectivity index (χ3v) is 8.39. The topological polar surface area (TPSA) is 87.5 Å². The molecule has 0 bridgehead atoms. The van der Waals surface area contributed by atoms with Gasteiger partial charge in [0.05, 0.1) is 23.4 Å². The molecule has 0 spiro atoms. The Morgan fingerprint density at radius 2 is 1.73 bits per heavy atom. The number of hydrogen-bond donors (Lipinski definition) is 0. The summed E-state index contributed by atoms with van der Waals surface area (Å²) in [7, 11) is 0. The van der Waals surface area contributed by atoms with E-state index in [9.17, 15) is 14.4 Å². The summed E-state index contributed by atoms with van der Waals surface area (Å²) in [5.74, 6) is -0.228. The summed E-state index contributed by atoms with van der Waals surface area (Å²) in [5, 5.41) is 1.10. The SMILES string of the molecule is CCc1c2c(nc3ccc(C)cc13)-c1cc3c(c(=O)n1C2)CCC(=O)C3(CC)OC(=O)OCc1ccc(C)cc1. The molecule has 0 saturated carbocycles. The molecule has 3 heterocycles. The van der Waals surface area contributed by atoms with Crippen molar-refractivity contribution in [3.05, 3.63) is 97.8 Å². The summed E-state index contributed by atoms with van der Waals surface area (Å²) in [4.78, 5) is 45.3. The third kappa shape index (κ3) is 4.03. The third-order valence-electron chi connectivity index (χ3n) is 8.39. The van der Waals surface area contributed by atoms with Crippen molar-refractivity contribution in [2.45, 2.75) is 72.1 Å². The van der Waals surface area contributed by atoms with E-state index >= 15 is 0 Å². The van der Waals surface area contributed by atoms with Gasteiger partial charge in [0.2, 0.25) is 0 Å². The van der Waals surface area contributed by atoms with Crippen LogP contribution in [0.4, 0.5) is 4.79 Å². The molecule has 1 atom stereocenters. The maximum absolute atomic E-state index is 13.9. The molecule has 0 N–H and O–H groups in total. The van der Waals surface area contributed by atoms with Crippen LogP contribution in [0.1, 0.15) is 65.6 Å². The molecular formula is C33H32N2O5. The van der Waals surface area contributed by atoms with Gasteiger partial charge in [0.25, 0.3) is 5.56 Å². The number of Topliss-reactive ketones (excluding diaryl/α,β-unsaturated/α-hetero) is 1. The number of aryl methyl sites for hydroxylation is 3. The molecule has 0 fully saturated rings. The second-order valence-corrected chi connectivity index (χ2v) is 10.8. The van der Waals surface area contributed by atoms with Crippen LogP contribution in [0.5, 0.6) is 0 Å². The highest BCUT2D eigenvalue weighted by atomic mass is 16.7. The summed E-state index contributed by atoms with van der Waals surface area (Å²) in [6.45, 7) is 8.41. The Morgan fingerprint density at radius 3 is 2.45 bits per heavy atom. The van der Waals surface area contributed by atoms with Gasteiger partial charge in [0.1, 0.15) is 6.61 Å². The molecule has 0 radical (unpaired) electrons. The highest BCUT2D eigenvalue weighted by Crippen LogP contribution is 2.42. The fraction of sp³-hybridized carbons (Fsp3) is 0.333. The van der Waals surface area contributed by atoms with Gasteiger partial charge in [-0.05, 0) is 62.4 Å². The first-order chi connectivity index (χ1) is 19.3. The van der Waals surface area contributed by atoms with Crippen LogP contribution < -0.4 is 5.56 Å². The Morgan fingerprint density at radius 1 is 0.975 bits per heavy atom. The number of ketones is 1. The minimum Gasteiger partial charge on any atom is -0.429 e. The Hall–Kier alpha value is -4.26.